The molecule has 0 aliphatic rings. The van der Waals surface area contributed by atoms with E-state index in [2.05, 4.69) is 91.1 Å². The number of hydrogen-bond acceptors (Lipinski definition) is 0. The summed E-state index contributed by atoms with van der Waals surface area (Å²) >= 11 is 0. The third kappa shape index (κ3) is 2.24. The lowest BCUT2D eigenvalue weighted by Crippen LogP contribution is -2.22. The number of nitrogens with zero attached hydrogens (tertiary/aromatic N) is 1. The zero-order chi connectivity index (χ0) is 19.8. The first-order chi connectivity index (χ1) is 12.6. The summed E-state index contributed by atoms with van der Waals surface area (Å²) in [7, 11) is 0. The highest BCUT2D eigenvalue weighted by Crippen LogP contribution is 2.44. The van der Waals surface area contributed by atoms with E-state index in [9.17, 15) is 0 Å². The number of benzene rings is 3. The van der Waals surface area contributed by atoms with Gasteiger partial charge in [-0.05, 0) is 106 Å². The second-order valence-electron chi connectivity index (χ2n) is 9.25. The van der Waals surface area contributed by atoms with Gasteiger partial charge in [-0.1, -0.05) is 24.3 Å². The van der Waals surface area contributed by atoms with Crippen LogP contribution in [0.4, 0.5) is 0 Å². The maximum Gasteiger partial charge on any atom is 0.0535 e. The van der Waals surface area contributed by atoms with Gasteiger partial charge in [0.05, 0.1) is 11.0 Å². The van der Waals surface area contributed by atoms with Gasteiger partial charge >= 0.3 is 0 Å². The van der Waals surface area contributed by atoms with Crippen molar-refractivity contribution in [2.24, 2.45) is 0 Å². The SMILES string of the molecule is Cc1c(C)c(C)c2c(c1C)c1c(C)c3ccccc3c(C)c1n2C(C)(C)C. The van der Waals surface area contributed by atoms with Crippen LogP contribution in [0, 0.1) is 41.5 Å². The summed E-state index contributed by atoms with van der Waals surface area (Å²) in [4.78, 5) is 0. The maximum atomic E-state index is 2.61. The van der Waals surface area contributed by atoms with Gasteiger partial charge < -0.3 is 4.57 Å². The minimum absolute atomic E-state index is 0.0125. The first-order valence-corrected chi connectivity index (χ1v) is 10.00. The number of rotatable bonds is 0. The zero-order valence-corrected chi connectivity index (χ0v) is 18.3. The molecule has 4 aromatic rings. The molecule has 0 unspecified atom stereocenters. The van der Waals surface area contributed by atoms with Crippen molar-refractivity contribution < 1.29 is 0 Å². The fraction of sp³-hybridized carbons (Fsp3) is 0.385. The second-order valence-corrected chi connectivity index (χ2v) is 9.25. The molecule has 0 fully saturated rings. The van der Waals surface area contributed by atoms with Crippen LogP contribution in [0.2, 0.25) is 0 Å². The lowest BCUT2D eigenvalue weighted by atomic mass is 9.91. The van der Waals surface area contributed by atoms with Crippen molar-refractivity contribution in [1.29, 1.82) is 0 Å². The Morgan fingerprint density at radius 2 is 1.00 bits per heavy atom. The molecule has 1 heteroatoms. The Balaban J connectivity index is 2.50. The van der Waals surface area contributed by atoms with Crippen LogP contribution in [0.25, 0.3) is 32.6 Å². The predicted octanol–water partition coefficient (Wildman–Crippen LogP) is 7.55. The molecule has 0 spiro atoms. The molecule has 27 heavy (non-hydrogen) atoms. The number of aryl methyl sites for hydroxylation is 4. The third-order valence-corrected chi connectivity index (χ3v) is 6.72. The molecule has 0 amide bonds. The molecule has 0 N–H and O–H groups in total. The summed E-state index contributed by atoms with van der Waals surface area (Å²) in [5.74, 6) is 0. The minimum Gasteiger partial charge on any atom is -0.335 e. The molecular formula is C26H31N. The van der Waals surface area contributed by atoms with Crippen molar-refractivity contribution in [1.82, 2.24) is 4.57 Å². The van der Waals surface area contributed by atoms with Crippen molar-refractivity contribution >= 4 is 32.6 Å². The number of hydrogen-bond donors (Lipinski definition) is 0. The Morgan fingerprint density at radius 3 is 1.56 bits per heavy atom. The highest BCUT2D eigenvalue weighted by atomic mass is 15.1. The fourth-order valence-corrected chi connectivity index (χ4v) is 5.01. The van der Waals surface area contributed by atoms with Gasteiger partial charge in [-0.25, -0.2) is 0 Å². The van der Waals surface area contributed by atoms with Crippen LogP contribution in [0.1, 0.15) is 54.2 Å². The topological polar surface area (TPSA) is 4.93 Å². The van der Waals surface area contributed by atoms with Crippen LogP contribution in [0.15, 0.2) is 24.3 Å². The standard InChI is InChI=1S/C26H31N/c1-14-15(2)17(4)24-22(16(14)3)23-18(5)20-12-10-11-13-21(20)19(6)25(23)27(24)26(7,8)9/h10-13H,1-9H3. The van der Waals surface area contributed by atoms with Gasteiger partial charge in [0, 0.05) is 16.3 Å². The quantitative estimate of drug-likeness (QED) is 0.306. The minimum atomic E-state index is 0.0125. The van der Waals surface area contributed by atoms with Gasteiger partial charge in [-0.2, -0.15) is 0 Å². The van der Waals surface area contributed by atoms with E-state index in [-0.39, 0.29) is 5.54 Å². The molecule has 0 aliphatic heterocycles. The van der Waals surface area contributed by atoms with Crippen molar-refractivity contribution in [2.75, 3.05) is 0 Å². The molecule has 4 rings (SSSR count). The first-order valence-electron chi connectivity index (χ1n) is 10.00. The molecule has 140 valence electrons. The summed E-state index contributed by atoms with van der Waals surface area (Å²) in [6.07, 6.45) is 0. The Kier molecular flexibility index (Phi) is 3.76. The fourth-order valence-electron chi connectivity index (χ4n) is 5.01. The molecule has 0 bridgehead atoms. The van der Waals surface area contributed by atoms with E-state index in [0.717, 1.165) is 0 Å². The molecule has 0 radical (unpaired) electrons. The Bertz CT molecular complexity index is 1240. The predicted molar refractivity (Wildman–Crippen MR) is 120 cm³/mol. The summed E-state index contributed by atoms with van der Waals surface area (Å²) in [6, 6.07) is 8.88. The van der Waals surface area contributed by atoms with Gasteiger partial charge in [-0.15, -0.1) is 0 Å². The highest BCUT2D eigenvalue weighted by molar-refractivity contribution is 6.19. The van der Waals surface area contributed by atoms with Gasteiger partial charge in [0.1, 0.15) is 0 Å². The molecular weight excluding hydrogens is 326 g/mol. The third-order valence-electron chi connectivity index (χ3n) is 6.72. The summed E-state index contributed by atoms with van der Waals surface area (Å²) < 4.78 is 2.61. The van der Waals surface area contributed by atoms with Crippen molar-refractivity contribution in [3.8, 4) is 0 Å². The molecule has 1 nitrogen and oxygen atoms in total. The molecule has 0 saturated carbocycles. The van der Waals surface area contributed by atoms with E-state index in [4.69, 9.17) is 0 Å². The van der Waals surface area contributed by atoms with Gasteiger partial charge in [-0.3, -0.25) is 0 Å². The molecule has 0 atom stereocenters. The van der Waals surface area contributed by atoms with Crippen molar-refractivity contribution in [3.05, 3.63) is 57.6 Å². The van der Waals surface area contributed by atoms with E-state index in [1.54, 1.807) is 0 Å². The van der Waals surface area contributed by atoms with E-state index < -0.39 is 0 Å². The van der Waals surface area contributed by atoms with Crippen LogP contribution in [0.3, 0.4) is 0 Å². The largest absolute Gasteiger partial charge is 0.335 e. The molecule has 3 aromatic carbocycles. The van der Waals surface area contributed by atoms with Gasteiger partial charge in [0.15, 0.2) is 0 Å². The first kappa shape index (κ1) is 18.1. The Hall–Kier alpha value is -2.28. The van der Waals surface area contributed by atoms with Crippen LogP contribution >= 0.6 is 0 Å². The van der Waals surface area contributed by atoms with Crippen molar-refractivity contribution in [2.45, 2.75) is 67.9 Å². The second kappa shape index (κ2) is 5.61. The van der Waals surface area contributed by atoms with Crippen LogP contribution in [0.5, 0.6) is 0 Å². The average Bonchev–Trinajstić information content (AvgIpc) is 2.99. The Labute approximate surface area is 163 Å². The Morgan fingerprint density at radius 1 is 0.556 bits per heavy atom. The van der Waals surface area contributed by atoms with Gasteiger partial charge in [0.2, 0.25) is 0 Å². The van der Waals surface area contributed by atoms with E-state index >= 15 is 0 Å². The summed E-state index contributed by atoms with van der Waals surface area (Å²) in [6.45, 7) is 20.8. The normalized spacial score (nSPS) is 12.6. The van der Waals surface area contributed by atoms with E-state index in [1.807, 2.05) is 0 Å². The van der Waals surface area contributed by atoms with Gasteiger partial charge in [0.25, 0.3) is 0 Å². The van der Waals surface area contributed by atoms with Crippen LogP contribution in [-0.2, 0) is 5.54 Å². The lowest BCUT2D eigenvalue weighted by molar-refractivity contribution is 0.422. The summed E-state index contributed by atoms with van der Waals surface area (Å²) in [5.41, 5.74) is 11.3. The zero-order valence-electron chi connectivity index (χ0n) is 18.3. The molecule has 0 aliphatic carbocycles. The number of aromatic nitrogens is 1. The smallest absolute Gasteiger partial charge is 0.0535 e. The number of fused-ring (bicyclic) bond motifs is 4. The highest BCUT2D eigenvalue weighted by Gasteiger charge is 2.27. The van der Waals surface area contributed by atoms with E-state index in [0.29, 0.717) is 0 Å². The average molecular weight is 358 g/mol. The van der Waals surface area contributed by atoms with Crippen molar-refractivity contribution in [3.63, 3.8) is 0 Å². The molecule has 1 heterocycles. The summed E-state index contributed by atoms with van der Waals surface area (Å²) in [5, 5.41) is 5.65. The van der Waals surface area contributed by atoms with Crippen LogP contribution in [-0.4, -0.2) is 4.57 Å². The molecule has 1 aromatic heterocycles. The van der Waals surface area contributed by atoms with Crippen LogP contribution < -0.4 is 0 Å². The monoisotopic (exact) mass is 357 g/mol. The van der Waals surface area contributed by atoms with E-state index in [1.165, 1.54) is 66.0 Å². The molecule has 0 saturated heterocycles. The lowest BCUT2D eigenvalue weighted by Gasteiger charge is -2.27. The maximum absolute atomic E-state index is 2.61.